The number of nitrogens with one attached hydrogen (secondary N) is 1. The lowest BCUT2D eigenvalue weighted by Crippen LogP contribution is -2.24. The summed E-state index contributed by atoms with van der Waals surface area (Å²) in [6.45, 7) is 5.68. The predicted molar refractivity (Wildman–Crippen MR) is 83.9 cm³/mol. The van der Waals surface area contributed by atoms with E-state index in [-0.39, 0.29) is 10.6 Å². The maximum absolute atomic E-state index is 11.0. The molecule has 0 heterocycles. The van der Waals surface area contributed by atoms with Crippen LogP contribution in [-0.4, -0.2) is 24.1 Å². The second-order valence-corrected chi connectivity index (χ2v) is 5.20. The summed E-state index contributed by atoms with van der Waals surface area (Å²) in [4.78, 5) is 10.7. The van der Waals surface area contributed by atoms with Crippen molar-refractivity contribution in [2.45, 2.75) is 26.3 Å². The van der Waals surface area contributed by atoms with Gasteiger partial charge in [-0.05, 0) is 25.1 Å². The van der Waals surface area contributed by atoms with E-state index in [1.807, 2.05) is 12.1 Å². The zero-order valence-electron chi connectivity index (χ0n) is 12.3. The normalized spacial score (nSPS) is 11.0. The first-order valence-corrected chi connectivity index (χ1v) is 7.12. The first kappa shape index (κ1) is 15.3. The van der Waals surface area contributed by atoms with Crippen molar-refractivity contribution in [3.63, 3.8) is 0 Å². The summed E-state index contributed by atoms with van der Waals surface area (Å²) in [6, 6.07) is 10.9. The van der Waals surface area contributed by atoms with Crippen LogP contribution in [0.2, 0.25) is 0 Å². The Bertz CT molecular complexity index is 626. The smallest absolute Gasteiger partial charge is 0.277 e. The molecule has 2 rings (SSSR count). The number of fused-ring (bicyclic) bond motifs is 1. The third-order valence-corrected chi connectivity index (χ3v) is 3.19. The number of nitro groups is 1. The highest BCUT2D eigenvalue weighted by molar-refractivity contribution is 5.95. The summed E-state index contributed by atoms with van der Waals surface area (Å²) in [5.74, 6) is 0.695. The molecule has 0 aliphatic heterocycles. The molecule has 0 unspecified atom stereocenters. The Morgan fingerprint density at radius 1 is 1.19 bits per heavy atom. The Kier molecular flexibility index (Phi) is 5.11. The Balaban J connectivity index is 2.11. The van der Waals surface area contributed by atoms with Gasteiger partial charge in [0.05, 0.1) is 16.9 Å². The van der Waals surface area contributed by atoms with Crippen LogP contribution >= 0.6 is 0 Å². The molecule has 21 heavy (non-hydrogen) atoms. The fourth-order valence-corrected chi connectivity index (χ4v) is 2.19. The van der Waals surface area contributed by atoms with E-state index in [2.05, 4.69) is 19.2 Å². The minimum absolute atomic E-state index is 0.111. The Morgan fingerprint density at radius 3 is 2.57 bits per heavy atom. The zero-order valence-corrected chi connectivity index (χ0v) is 12.3. The summed E-state index contributed by atoms with van der Waals surface area (Å²) in [6.07, 6.45) is 0.892. The number of non-ortho nitro benzene ring substituents is 1. The quantitative estimate of drug-likeness (QED) is 0.481. The van der Waals surface area contributed by atoms with Crippen LogP contribution in [0.4, 0.5) is 5.69 Å². The minimum Gasteiger partial charge on any atom is -0.493 e. The fourth-order valence-electron chi connectivity index (χ4n) is 2.19. The van der Waals surface area contributed by atoms with Crippen molar-refractivity contribution in [2.75, 3.05) is 13.2 Å². The first-order valence-electron chi connectivity index (χ1n) is 7.12. The molecule has 0 fully saturated rings. The van der Waals surface area contributed by atoms with Gasteiger partial charge in [-0.25, -0.2) is 0 Å². The summed E-state index contributed by atoms with van der Waals surface area (Å²) < 4.78 is 5.77. The number of rotatable bonds is 7. The van der Waals surface area contributed by atoms with Crippen molar-refractivity contribution < 1.29 is 9.66 Å². The van der Waals surface area contributed by atoms with Gasteiger partial charge in [-0.2, -0.15) is 0 Å². The summed E-state index contributed by atoms with van der Waals surface area (Å²) in [5.41, 5.74) is 0.111. The molecule has 112 valence electrons. The maximum Gasteiger partial charge on any atom is 0.277 e. The van der Waals surface area contributed by atoms with E-state index in [1.54, 1.807) is 18.2 Å². The molecule has 0 saturated carbocycles. The van der Waals surface area contributed by atoms with E-state index in [9.17, 15) is 10.1 Å². The van der Waals surface area contributed by atoms with Crippen LogP contribution in [0.25, 0.3) is 10.8 Å². The molecule has 0 aliphatic carbocycles. The van der Waals surface area contributed by atoms with Gasteiger partial charge >= 0.3 is 0 Å². The van der Waals surface area contributed by atoms with Crippen LogP contribution < -0.4 is 10.1 Å². The molecule has 2 aromatic rings. The molecule has 5 nitrogen and oxygen atoms in total. The van der Waals surface area contributed by atoms with Crippen LogP contribution in [-0.2, 0) is 0 Å². The van der Waals surface area contributed by atoms with Crippen molar-refractivity contribution in [3.05, 3.63) is 46.5 Å². The number of ether oxygens (including phenoxy) is 1. The SMILES string of the molecule is CC(C)NCCCOc1ccc([N+](=O)[O-])c2ccccc12. The maximum atomic E-state index is 11.0. The minimum atomic E-state index is -0.362. The van der Waals surface area contributed by atoms with E-state index >= 15 is 0 Å². The second-order valence-electron chi connectivity index (χ2n) is 5.20. The molecule has 0 spiro atoms. The number of hydrogen-bond donors (Lipinski definition) is 1. The average molecular weight is 288 g/mol. The highest BCUT2D eigenvalue weighted by atomic mass is 16.6. The monoisotopic (exact) mass is 288 g/mol. The summed E-state index contributed by atoms with van der Waals surface area (Å²) in [7, 11) is 0. The van der Waals surface area contributed by atoms with E-state index in [1.165, 1.54) is 6.07 Å². The van der Waals surface area contributed by atoms with E-state index < -0.39 is 0 Å². The number of hydrogen-bond acceptors (Lipinski definition) is 4. The lowest BCUT2D eigenvalue weighted by atomic mass is 10.1. The first-order chi connectivity index (χ1) is 10.1. The molecule has 0 aromatic heterocycles. The molecule has 2 aromatic carbocycles. The zero-order chi connectivity index (χ0) is 15.2. The lowest BCUT2D eigenvalue weighted by molar-refractivity contribution is -0.383. The van der Waals surface area contributed by atoms with Gasteiger partial charge in [0.1, 0.15) is 5.75 Å². The Labute approximate surface area is 124 Å². The van der Waals surface area contributed by atoms with Gasteiger partial charge in [-0.15, -0.1) is 0 Å². The molecule has 0 aliphatic rings. The number of nitrogens with zero attached hydrogens (tertiary/aromatic N) is 1. The van der Waals surface area contributed by atoms with Gasteiger partial charge in [0.15, 0.2) is 0 Å². The van der Waals surface area contributed by atoms with Crippen LogP contribution in [0, 0.1) is 10.1 Å². The van der Waals surface area contributed by atoms with Crippen LogP contribution in [0.5, 0.6) is 5.75 Å². The third kappa shape index (κ3) is 3.92. The number of benzene rings is 2. The molecular formula is C16H20N2O3. The fraction of sp³-hybridized carbons (Fsp3) is 0.375. The molecule has 0 atom stereocenters. The van der Waals surface area contributed by atoms with Crippen molar-refractivity contribution in [2.24, 2.45) is 0 Å². The lowest BCUT2D eigenvalue weighted by Gasteiger charge is -2.11. The molecular weight excluding hydrogens is 268 g/mol. The van der Waals surface area contributed by atoms with Crippen LogP contribution in [0.1, 0.15) is 20.3 Å². The summed E-state index contributed by atoms with van der Waals surface area (Å²) in [5, 5.41) is 15.8. The van der Waals surface area contributed by atoms with Gasteiger partial charge < -0.3 is 10.1 Å². The highest BCUT2D eigenvalue weighted by Crippen LogP contribution is 2.32. The average Bonchev–Trinajstić information content (AvgIpc) is 2.46. The van der Waals surface area contributed by atoms with Crippen LogP contribution in [0.3, 0.4) is 0 Å². The topological polar surface area (TPSA) is 64.4 Å². The Hall–Kier alpha value is -2.14. The van der Waals surface area contributed by atoms with E-state index in [0.29, 0.717) is 23.8 Å². The van der Waals surface area contributed by atoms with Gasteiger partial charge in [-0.1, -0.05) is 32.0 Å². The van der Waals surface area contributed by atoms with Gasteiger partial charge in [0.25, 0.3) is 5.69 Å². The molecule has 1 N–H and O–H groups in total. The highest BCUT2D eigenvalue weighted by Gasteiger charge is 2.14. The second kappa shape index (κ2) is 7.04. The van der Waals surface area contributed by atoms with Gasteiger partial charge in [0, 0.05) is 17.5 Å². The molecule has 0 radical (unpaired) electrons. The number of nitro benzene ring substituents is 1. The molecule has 0 saturated heterocycles. The molecule has 0 amide bonds. The predicted octanol–water partition coefficient (Wildman–Crippen LogP) is 3.51. The van der Waals surface area contributed by atoms with E-state index in [0.717, 1.165) is 18.4 Å². The van der Waals surface area contributed by atoms with Crippen LogP contribution in [0.15, 0.2) is 36.4 Å². The summed E-state index contributed by atoms with van der Waals surface area (Å²) >= 11 is 0. The standard InChI is InChI=1S/C16H20N2O3/c1-12(2)17-10-5-11-21-16-9-8-15(18(19)20)13-6-3-4-7-14(13)16/h3-4,6-9,12,17H,5,10-11H2,1-2H3. The largest absolute Gasteiger partial charge is 0.493 e. The van der Waals surface area contributed by atoms with Crippen molar-refractivity contribution in [1.29, 1.82) is 0 Å². The van der Waals surface area contributed by atoms with Crippen molar-refractivity contribution in [3.8, 4) is 5.75 Å². The van der Waals surface area contributed by atoms with Gasteiger partial charge in [0.2, 0.25) is 0 Å². The third-order valence-electron chi connectivity index (χ3n) is 3.19. The molecule has 5 heteroatoms. The Morgan fingerprint density at radius 2 is 1.90 bits per heavy atom. The van der Waals surface area contributed by atoms with E-state index in [4.69, 9.17) is 4.74 Å². The molecule has 0 bridgehead atoms. The van der Waals surface area contributed by atoms with Crippen molar-refractivity contribution >= 4 is 16.5 Å². The van der Waals surface area contributed by atoms with Crippen molar-refractivity contribution in [1.82, 2.24) is 5.32 Å². The van der Waals surface area contributed by atoms with Gasteiger partial charge in [-0.3, -0.25) is 10.1 Å².